The molecule has 2 aromatic carbocycles. The minimum Gasteiger partial charge on any atom is -0.493 e. The van der Waals surface area contributed by atoms with Gasteiger partial charge in [-0.3, -0.25) is 4.79 Å². The number of benzene rings is 2. The molecule has 0 fully saturated rings. The molecule has 0 N–H and O–H groups in total. The first-order chi connectivity index (χ1) is 14.0. The Morgan fingerprint density at radius 3 is 2.24 bits per heavy atom. The van der Waals surface area contributed by atoms with Gasteiger partial charge in [0.05, 0.1) is 27.4 Å². The molecule has 29 heavy (non-hydrogen) atoms. The van der Waals surface area contributed by atoms with Gasteiger partial charge in [0, 0.05) is 12.5 Å². The van der Waals surface area contributed by atoms with Crippen LogP contribution in [0.2, 0.25) is 0 Å². The van der Waals surface area contributed by atoms with Gasteiger partial charge in [-0.25, -0.2) is 0 Å². The molecule has 1 aliphatic rings. The van der Waals surface area contributed by atoms with E-state index in [2.05, 4.69) is 0 Å². The number of hydrogen-bond acceptors (Lipinski definition) is 5. The summed E-state index contributed by atoms with van der Waals surface area (Å²) >= 11 is 0. The lowest BCUT2D eigenvalue weighted by atomic mass is 9.91. The van der Waals surface area contributed by atoms with Gasteiger partial charge in [-0.05, 0) is 41.8 Å². The lowest BCUT2D eigenvalue weighted by molar-refractivity contribution is -0.138. The fraction of sp³-hybridized carbons (Fsp3) is 0.435. The summed E-state index contributed by atoms with van der Waals surface area (Å²) in [6, 6.07) is 11.3. The third-order valence-corrected chi connectivity index (χ3v) is 5.25. The van der Waals surface area contributed by atoms with Gasteiger partial charge < -0.3 is 23.8 Å². The molecule has 0 radical (unpaired) electrons. The fourth-order valence-electron chi connectivity index (χ4n) is 3.71. The summed E-state index contributed by atoms with van der Waals surface area (Å²) in [6.07, 6.45) is 0.763. The molecular formula is C23H29NO5. The van der Waals surface area contributed by atoms with Crippen molar-refractivity contribution in [1.29, 1.82) is 0 Å². The molecule has 0 saturated carbocycles. The highest BCUT2D eigenvalue weighted by Gasteiger charge is 2.33. The third-order valence-electron chi connectivity index (χ3n) is 5.25. The van der Waals surface area contributed by atoms with Crippen LogP contribution in [0.25, 0.3) is 0 Å². The number of rotatable bonds is 7. The van der Waals surface area contributed by atoms with E-state index in [-0.39, 0.29) is 17.9 Å². The van der Waals surface area contributed by atoms with Crippen molar-refractivity contribution in [2.45, 2.75) is 26.3 Å². The Labute approximate surface area is 172 Å². The highest BCUT2D eigenvalue weighted by Crippen LogP contribution is 2.39. The molecular weight excluding hydrogens is 370 g/mol. The van der Waals surface area contributed by atoms with Crippen LogP contribution in [0.3, 0.4) is 0 Å². The molecule has 0 saturated heterocycles. The Morgan fingerprint density at radius 2 is 1.62 bits per heavy atom. The number of methoxy groups -OCH3 is 3. The van der Waals surface area contributed by atoms with Gasteiger partial charge in [0.2, 0.25) is 5.91 Å². The van der Waals surface area contributed by atoms with Crippen molar-refractivity contribution in [2.24, 2.45) is 5.92 Å². The van der Waals surface area contributed by atoms with E-state index in [1.54, 1.807) is 21.3 Å². The summed E-state index contributed by atoms with van der Waals surface area (Å²) in [5.74, 6) is 2.67. The SMILES string of the molecule is COc1cc2c(cc1OC)[C@H](COc1ccccc1OC)N(C(=O)C(C)C)CC2. The number of carbonyl (C=O) groups excluding carboxylic acids is 1. The van der Waals surface area contributed by atoms with Gasteiger partial charge in [0.15, 0.2) is 23.0 Å². The van der Waals surface area contributed by atoms with Crippen LogP contribution in [0, 0.1) is 5.92 Å². The Morgan fingerprint density at radius 1 is 1.00 bits per heavy atom. The second kappa shape index (κ2) is 9.07. The number of ether oxygens (including phenoxy) is 4. The summed E-state index contributed by atoms with van der Waals surface area (Å²) < 4.78 is 22.5. The minimum atomic E-state index is -0.224. The predicted molar refractivity (Wildman–Crippen MR) is 111 cm³/mol. The Kier molecular flexibility index (Phi) is 6.52. The van der Waals surface area contributed by atoms with Crippen molar-refractivity contribution < 1.29 is 23.7 Å². The highest BCUT2D eigenvalue weighted by atomic mass is 16.5. The minimum absolute atomic E-state index is 0.0922. The van der Waals surface area contributed by atoms with Crippen LogP contribution in [-0.4, -0.2) is 45.3 Å². The normalized spacial score (nSPS) is 15.7. The van der Waals surface area contributed by atoms with Crippen molar-refractivity contribution in [3.05, 3.63) is 47.5 Å². The molecule has 0 aliphatic carbocycles. The number of hydrogen-bond donors (Lipinski definition) is 0. The molecule has 1 heterocycles. The van der Waals surface area contributed by atoms with Gasteiger partial charge >= 0.3 is 0 Å². The molecule has 0 aromatic heterocycles. The maximum atomic E-state index is 12.9. The van der Waals surface area contributed by atoms with Gasteiger partial charge in [-0.1, -0.05) is 26.0 Å². The van der Waals surface area contributed by atoms with Crippen LogP contribution in [0.1, 0.15) is 31.0 Å². The molecule has 6 nitrogen and oxygen atoms in total. The van der Waals surface area contributed by atoms with Gasteiger partial charge in [0.1, 0.15) is 6.61 Å². The smallest absolute Gasteiger partial charge is 0.225 e. The molecule has 1 aliphatic heterocycles. The molecule has 0 spiro atoms. The molecule has 2 aromatic rings. The first-order valence-electron chi connectivity index (χ1n) is 9.81. The molecule has 3 rings (SSSR count). The van der Waals surface area contributed by atoms with Crippen molar-refractivity contribution in [3.8, 4) is 23.0 Å². The molecule has 1 atom stereocenters. The first kappa shape index (κ1) is 20.8. The molecule has 0 bridgehead atoms. The number of amides is 1. The predicted octanol–water partition coefficient (Wildman–Crippen LogP) is 3.87. The fourth-order valence-corrected chi connectivity index (χ4v) is 3.71. The van der Waals surface area contributed by atoms with Crippen molar-refractivity contribution in [1.82, 2.24) is 4.90 Å². The zero-order valence-corrected chi connectivity index (χ0v) is 17.7. The van der Waals surface area contributed by atoms with E-state index in [4.69, 9.17) is 18.9 Å². The second-order valence-electron chi connectivity index (χ2n) is 7.32. The van der Waals surface area contributed by atoms with E-state index >= 15 is 0 Å². The zero-order chi connectivity index (χ0) is 21.0. The maximum absolute atomic E-state index is 12.9. The third kappa shape index (κ3) is 4.26. The molecule has 6 heteroatoms. The van der Waals surface area contributed by atoms with Crippen molar-refractivity contribution in [2.75, 3.05) is 34.5 Å². The van der Waals surface area contributed by atoms with Crippen LogP contribution in [-0.2, 0) is 11.2 Å². The second-order valence-corrected chi connectivity index (χ2v) is 7.32. The summed E-state index contributed by atoms with van der Waals surface area (Å²) in [5, 5.41) is 0. The number of carbonyl (C=O) groups is 1. The summed E-state index contributed by atoms with van der Waals surface area (Å²) in [5.41, 5.74) is 2.17. The highest BCUT2D eigenvalue weighted by molar-refractivity contribution is 5.79. The Hall–Kier alpha value is -2.89. The quantitative estimate of drug-likeness (QED) is 0.707. The van der Waals surface area contributed by atoms with E-state index in [0.29, 0.717) is 36.1 Å². The van der Waals surface area contributed by atoms with Gasteiger partial charge in [-0.15, -0.1) is 0 Å². The van der Waals surface area contributed by atoms with Crippen LogP contribution in [0.4, 0.5) is 0 Å². The Bertz CT molecular complexity index is 864. The monoisotopic (exact) mass is 399 g/mol. The van der Waals surface area contributed by atoms with Crippen LogP contribution in [0.5, 0.6) is 23.0 Å². The summed E-state index contributed by atoms with van der Waals surface area (Å²) in [6.45, 7) is 4.80. The molecule has 1 amide bonds. The topological polar surface area (TPSA) is 57.2 Å². The van der Waals surface area contributed by atoms with Crippen LogP contribution < -0.4 is 18.9 Å². The van der Waals surface area contributed by atoms with E-state index in [0.717, 1.165) is 17.5 Å². The van der Waals surface area contributed by atoms with Gasteiger partial charge in [0.25, 0.3) is 0 Å². The lowest BCUT2D eigenvalue weighted by Gasteiger charge is -2.38. The Balaban J connectivity index is 1.97. The standard InChI is InChI=1S/C23H29NO5/c1-15(2)23(25)24-11-10-16-12-21(27-4)22(28-5)13-17(16)18(24)14-29-20-9-7-6-8-19(20)26-3/h6-9,12-13,15,18H,10-11,14H2,1-5H3/t18-/m0/s1. The molecule has 156 valence electrons. The average molecular weight is 399 g/mol. The molecule has 0 unspecified atom stereocenters. The largest absolute Gasteiger partial charge is 0.493 e. The number of fused-ring (bicyclic) bond motifs is 1. The van der Waals surface area contributed by atoms with Crippen LogP contribution in [0.15, 0.2) is 36.4 Å². The lowest BCUT2D eigenvalue weighted by Crippen LogP contribution is -2.44. The average Bonchev–Trinajstić information content (AvgIpc) is 2.75. The number of para-hydroxylation sites is 2. The van der Waals surface area contributed by atoms with Crippen molar-refractivity contribution in [3.63, 3.8) is 0 Å². The van der Waals surface area contributed by atoms with Crippen molar-refractivity contribution >= 4 is 5.91 Å². The summed E-state index contributed by atoms with van der Waals surface area (Å²) in [7, 11) is 4.86. The van der Waals surface area contributed by atoms with Gasteiger partial charge in [-0.2, -0.15) is 0 Å². The van der Waals surface area contributed by atoms with E-state index in [9.17, 15) is 4.79 Å². The zero-order valence-electron chi connectivity index (χ0n) is 17.7. The first-order valence-corrected chi connectivity index (χ1v) is 9.81. The van der Waals surface area contributed by atoms with E-state index in [1.807, 2.05) is 55.1 Å². The number of nitrogens with zero attached hydrogens (tertiary/aromatic N) is 1. The van der Waals surface area contributed by atoms with Crippen LogP contribution >= 0.6 is 0 Å². The summed E-state index contributed by atoms with van der Waals surface area (Å²) in [4.78, 5) is 14.8. The maximum Gasteiger partial charge on any atom is 0.225 e. The van der Waals surface area contributed by atoms with E-state index in [1.165, 1.54) is 0 Å². The van der Waals surface area contributed by atoms with E-state index < -0.39 is 0 Å².